The van der Waals surface area contributed by atoms with Gasteiger partial charge in [-0.2, -0.15) is 16.3 Å². The average Bonchev–Trinajstić information content (AvgIpc) is 3.17. The molecule has 0 aromatic carbocycles. The van der Waals surface area contributed by atoms with Crippen molar-refractivity contribution in [2.45, 2.75) is 25.4 Å². The van der Waals surface area contributed by atoms with Crippen LogP contribution in [-0.4, -0.2) is 34.2 Å². The quantitative estimate of drug-likeness (QED) is 0.938. The highest BCUT2D eigenvalue weighted by Gasteiger charge is 2.41. The predicted octanol–water partition coefficient (Wildman–Crippen LogP) is 2.39. The first kappa shape index (κ1) is 15.0. The zero-order valence-corrected chi connectivity index (χ0v) is 13.3. The molecule has 1 saturated heterocycles. The normalized spacial score (nSPS) is 28.5. The molecule has 5 nitrogen and oxygen atoms in total. The number of fused-ring (bicyclic) bond motifs is 1. The summed E-state index contributed by atoms with van der Waals surface area (Å²) >= 11 is 1.64. The van der Waals surface area contributed by atoms with Gasteiger partial charge in [0.05, 0.1) is 6.54 Å². The molecule has 1 saturated carbocycles. The van der Waals surface area contributed by atoms with Crippen LogP contribution in [0.2, 0.25) is 0 Å². The standard InChI is InChI=1S/C14H18N4OS.ClH/c15-12-2-1-9-5-18(6-11(9)12)7-13-16-14(17-19-13)10-3-4-20-8-10;/h3-4,8-9,11-12H,1-2,5-7,15H2;1H. The molecule has 3 heterocycles. The van der Waals surface area contributed by atoms with E-state index < -0.39 is 0 Å². The molecule has 2 N–H and O–H groups in total. The lowest BCUT2D eigenvalue weighted by molar-refractivity contribution is 0.250. The fraction of sp³-hybridized carbons (Fsp3) is 0.571. The molecule has 21 heavy (non-hydrogen) atoms. The Bertz CT molecular complexity index is 588. The van der Waals surface area contributed by atoms with Crippen LogP contribution in [0.15, 0.2) is 21.3 Å². The average molecular weight is 327 g/mol. The fourth-order valence-corrected chi connectivity index (χ4v) is 4.18. The summed E-state index contributed by atoms with van der Waals surface area (Å²) in [7, 11) is 0. The molecular formula is C14H19ClN4OS. The maximum atomic E-state index is 6.17. The van der Waals surface area contributed by atoms with Crippen molar-refractivity contribution in [2.24, 2.45) is 17.6 Å². The third-order valence-electron chi connectivity index (χ3n) is 4.59. The van der Waals surface area contributed by atoms with Crippen molar-refractivity contribution in [3.63, 3.8) is 0 Å². The van der Waals surface area contributed by atoms with Gasteiger partial charge < -0.3 is 10.3 Å². The van der Waals surface area contributed by atoms with Crippen molar-refractivity contribution in [3.8, 4) is 11.4 Å². The van der Waals surface area contributed by atoms with Crippen LogP contribution in [-0.2, 0) is 6.54 Å². The zero-order valence-electron chi connectivity index (χ0n) is 11.6. The molecular weight excluding hydrogens is 308 g/mol. The molecule has 2 aromatic heterocycles. The minimum absolute atomic E-state index is 0. The van der Waals surface area contributed by atoms with Gasteiger partial charge in [0.1, 0.15) is 0 Å². The number of rotatable bonds is 3. The number of halogens is 1. The highest BCUT2D eigenvalue weighted by molar-refractivity contribution is 7.08. The third kappa shape index (κ3) is 2.85. The maximum Gasteiger partial charge on any atom is 0.241 e. The Balaban J connectivity index is 0.00000132. The number of nitrogens with zero attached hydrogens (tertiary/aromatic N) is 3. The maximum absolute atomic E-state index is 6.17. The van der Waals surface area contributed by atoms with E-state index in [1.807, 2.05) is 16.8 Å². The Hall–Kier alpha value is -0.950. The second-order valence-corrected chi connectivity index (χ2v) is 6.66. The van der Waals surface area contributed by atoms with Gasteiger partial charge in [-0.25, -0.2) is 0 Å². The van der Waals surface area contributed by atoms with E-state index in [0.717, 1.165) is 31.1 Å². The second-order valence-electron chi connectivity index (χ2n) is 5.88. The molecule has 3 atom stereocenters. The summed E-state index contributed by atoms with van der Waals surface area (Å²) in [5.74, 6) is 2.83. The van der Waals surface area contributed by atoms with Gasteiger partial charge in [-0.3, -0.25) is 4.90 Å². The summed E-state index contributed by atoms with van der Waals surface area (Å²) < 4.78 is 5.37. The van der Waals surface area contributed by atoms with Crippen LogP contribution in [0.25, 0.3) is 11.4 Å². The van der Waals surface area contributed by atoms with E-state index in [-0.39, 0.29) is 12.4 Å². The molecule has 3 unspecified atom stereocenters. The van der Waals surface area contributed by atoms with Gasteiger partial charge in [0.15, 0.2) is 0 Å². The van der Waals surface area contributed by atoms with Gasteiger partial charge in [-0.05, 0) is 36.1 Å². The first-order valence-electron chi connectivity index (χ1n) is 7.12. The van der Waals surface area contributed by atoms with Crippen LogP contribution in [0.3, 0.4) is 0 Å². The Morgan fingerprint density at radius 3 is 3.05 bits per heavy atom. The molecule has 1 aliphatic carbocycles. The summed E-state index contributed by atoms with van der Waals surface area (Å²) in [5.41, 5.74) is 7.20. The fourth-order valence-electron chi connectivity index (χ4n) is 3.55. The number of hydrogen-bond acceptors (Lipinski definition) is 6. The highest BCUT2D eigenvalue weighted by Crippen LogP contribution is 2.37. The van der Waals surface area contributed by atoms with E-state index in [0.29, 0.717) is 23.7 Å². The van der Waals surface area contributed by atoms with Gasteiger partial charge in [0.2, 0.25) is 11.7 Å². The Morgan fingerprint density at radius 1 is 1.38 bits per heavy atom. The lowest BCUT2D eigenvalue weighted by Crippen LogP contribution is -2.30. The number of likely N-dealkylation sites (tertiary alicyclic amines) is 1. The minimum atomic E-state index is 0. The van der Waals surface area contributed by atoms with E-state index in [4.69, 9.17) is 10.3 Å². The van der Waals surface area contributed by atoms with Crippen LogP contribution in [0.4, 0.5) is 0 Å². The summed E-state index contributed by atoms with van der Waals surface area (Å²) in [6.45, 7) is 2.94. The first-order valence-corrected chi connectivity index (χ1v) is 8.07. The lowest BCUT2D eigenvalue weighted by atomic mass is 9.98. The monoisotopic (exact) mass is 326 g/mol. The van der Waals surface area contributed by atoms with E-state index in [9.17, 15) is 0 Å². The largest absolute Gasteiger partial charge is 0.338 e. The van der Waals surface area contributed by atoms with Gasteiger partial charge in [0.25, 0.3) is 0 Å². The number of hydrogen-bond donors (Lipinski definition) is 1. The topological polar surface area (TPSA) is 68.2 Å². The van der Waals surface area contributed by atoms with Gasteiger partial charge >= 0.3 is 0 Å². The molecule has 0 bridgehead atoms. The molecule has 7 heteroatoms. The van der Waals surface area contributed by atoms with Crippen molar-refractivity contribution < 1.29 is 4.52 Å². The summed E-state index contributed by atoms with van der Waals surface area (Å²) in [6, 6.07) is 2.40. The van der Waals surface area contributed by atoms with Crippen LogP contribution in [0.1, 0.15) is 18.7 Å². The van der Waals surface area contributed by atoms with Crippen LogP contribution in [0, 0.1) is 11.8 Å². The van der Waals surface area contributed by atoms with E-state index in [2.05, 4.69) is 15.0 Å². The molecule has 0 spiro atoms. The predicted molar refractivity (Wildman–Crippen MR) is 84.3 cm³/mol. The van der Waals surface area contributed by atoms with E-state index in [1.54, 1.807) is 11.3 Å². The SMILES string of the molecule is Cl.NC1CCC2CN(Cc3nc(-c4ccsc4)no3)CC12. The molecule has 2 aromatic rings. The van der Waals surface area contributed by atoms with Crippen molar-refractivity contribution in [1.82, 2.24) is 15.0 Å². The molecule has 2 aliphatic rings. The molecule has 1 aliphatic heterocycles. The van der Waals surface area contributed by atoms with Crippen molar-refractivity contribution >= 4 is 23.7 Å². The van der Waals surface area contributed by atoms with Crippen molar-refractivity contribution in [1.29, 1.82) is 0 Å². The Kier molecular flexibility index (Phi) is 4.31. The lowest BCUT2D eigenvalue weighted by Gasteiger charge is -2.15. The molecule has 4 rings (SSSR count). The Labute approximate surface area is 133 Å². The molecule has 2 fully saturated rings. The highest BCUT2D eigenvalue weighted by atomic mass is 35.5. The smallest absolute Gasteiger partial charge is 0.241 e. The van der Waals surface area contributed by atoms with Crippen LogP contribution < -0.4 is 5.73 Å². The number of thiophene rings is 1. The van der Waals surface area contributed by atoms with Crippen LogP contribution in [0.5, 0.6) is 0 Å². The van der Waals surface area contributed by atoms with Crippen LogP contribution >= 0.6 is 23.7 Å². The minimum Gasteiger partial charge on any atom is -0.338 e. The summed E-state index contributed by atoms with van der Waals surface area (Å²) in [4.78, 5) is 6.89. The van der Waals surface area contributed by atoms with Crippen molar-refractivity contribution in [2.75, 3.05) is 13.1 Å². The van der Waals surface area contributed by atoms with E-state index >= 15 is 0 Å². The molecule has 114 valence electrons. The van der Waals surface area contributed by atoms with Gasteiger partial charge in [-0.15, -0.1) is 12.4 Å². The van der Waals surface area contributed by atoms with Crippen molar-refractivity contribution in [3.05, 3.63) is 22.7 Å². The van der Waals surface area contributed by atoms with Gasteiger partial charge in [0, 0.05) is 30.1 Å². The Morgan fingerprint density at radius 2 is 2.29 bits per heavy atom. The third-order valence-corrected chi connectivity index (χ3v) is 5.28. The molecule has 0 radical (unpaired) electrons. The number of aromatic nitrogens is 2. The summed E-state index contributed by atoms with van der Waals surface area (Å²) in [6.07, 6.45) is 2.46. The molecule has 0 amide bonds. The zero-order chi connectivity index (χ0) is 13.5. The first-order chi connectivity index (χ1) is 9.79. The summed E-state index contributed by atoms with van der Waals surface area (Å²) in [5, 5.41) is 8.11. The van der Waals surface area contributed by atoms with Gasteiger partial charge in [-0.1, -0.05) is 5.16 Å². The second kappa shape index (κ2) is 6.04. The number of nitrogens with two attached hydrogens (primary N) is 1. The van der Waals surface area contributed by atoms with E-state index in [1.165, 1.54) is 12.8 Å².